The van der Waals surface area contributed by atoms with Gasteiger partial charge in [-0.05, 0) is 24.7 Å². The summed E-state index contributed by atoms with van der Waals surface area (Å²) >= 11 is 0. The molecule has 0 aliphatic heterocycles. The standard InChI is InChI=1S/2C18H36O2.C4H6O5/c2*1-17(2)15-13-11-9-7-5-3-4-6-8-10-12-14-16-18(19)20;5-2(4(8)9)1-3(6)7/h2*17H,3-16H2,1-2H3,(H,19,20);2,5H,1H2,(H,6,7)(H,8,9). The third kappa shape index (κ3) is 55.5. The summed E-state index contributed by atoms with van der Waals surface area (Å²) in [6.45, 7) is 9.23. The van der Waals surface area contributed by atoms with E-state index >= 15 is 0 Å². The van der Waals surface area contributed by atoms with Crippen molar-refractivity contribution < 1.29 is 44.7 Å². The molecular weight excluding hydrogens is 624 g/mol. The van der Waals surface area contributed by atoms with Crippen molar-refractivity contribution in [3.05, 3.63) is 0 Å². The summed E-state index contributed by atoms with van der Waals surface area (Å²) in [5, 5.41) is 41.2. The molecule has 0 saturated carbocycles. The fraction of sp³-hybridized carbons (Fsp3) is 0.900. The van der Waals surface area contributed by atoms with Crippen LogP contribution in [-0.4, -0.2) is 55.5 Å². The Labute approximate surface area is 300 Å². The molecule has 5 N–H and O–H groups in total. The first kappa shape index (κ1) is 51.2. The molecule has 0 rings (SSSR count). The van der Waals surface area contributed by atoms with Gasteiger partial charge in [-0.25, -0.2) is 4.79 Å². The summed E-state index contributed by atoms with van der Waals surface area (Å²) in [5.41, 5.74) is 0. The summed E-state index contributed by atoms with van der Waals surface area (Å²) in [5.74, 6) is -2.42. The van der Waals surface area contributed by atoms with E-state index in [4.69, 9.17) is 25.5 Å². The average molecular weight is 703 g/mol. The molecule has 0 aromatic rings. The Hall–Kier alpha value is -2.16. The third-order valence-corrected chi connectivity index (χ3v) is 8.50. The number of rotatable bonds is 33. The first-order valence-electron chi connectivity index (χ1n) is 19.9. The molecule has 0 spiro atoms. The van der Waals surface area contributed by atoms with Gasteiger partial charge in [0.1, 0.15) is 0 Å². The lowest BCUT2D eigenvalue weighted by Gasteiger charge is -2.04. The Bertz CT molecular complexity index is 706. The molecule has 0 aliphatic rings. The van der Waals surface area contributed by atoms with Crippen LogP contribution in [0.5, 0.6) is 0 Å². The van der Waals surface area contributed by atoms with Crippen molar-refractivity contribution in [3.63, 3.8) is 0 Å². The molecule has 0 aromatic carbocycles. The maximum Gasteiger partial charge on any atom is 0.333 e. The topological polar surface area (TPSA) is 169 Å². The van der Waals surface area contributed by atoms with Crippen LogP contribution < -0.4 is 0 Å². The normalized spacial score (nSPS) is 11.4. The molecule has 0 aromatic heterocycles. The smallest absolute Gasteiger partial charge is 0.333 e. The number of hydrogen-bond acceptors (Lipinski definition) is 5. The highest BCUT2D eigenvalue weighted by atomic mass is 16.4. The van der Waals surface area contributed by atoms with Gasteiger partial charge in [-0.3, -0.25) is 14.4 Å². The van der Waals surface area contributed by atoms with Crippen LogP contribution in [0.25, 0.3) is 0 Å². The zero-order valence-corrected chi connectivity index (χ0v) is 32.1. The molecule has 0 aliphatic carbocycles. The molecule has 0 bridgehead atoms. The number of unbranched alkanes of at least 4 members (excludes halogenated alkanes) is 22. The largest absolute Gasteiger partial charge is 0.481 e. The summed E-state index contributed by atoms with van der Waals surface area (Å²) in [6, 6.07) is 0. The zero-order valence-electron chi connectivity index (χ0n) is 32.1. The van der Waals surface area contributed by atoms with E-state index in [9.17, 15) is 19.2 Å². The quantitative estimate of drug-likeness (QED) is 0.0417. The molecule has 0 radical (unpaired) electrons. The molecule has 9 heteroatoms. The average Bonchev–Trinajstić information content (AvgIpc) is 3.01. The van der Waals surface area contributed by atoms with Crippen molar-refractivity contribution >= 4 is 23.9 Å². The Morgan fingerprint density at radius 3 is 0.755 bits per heavy atom. The summed E-state index contributed by atoms with van der Waals surface area (Å²) in [6.07, 6.45) is 32.1. The van der Waals surface area contributed by atoms with Crippen molar-refractivity contribution in [3.8, 4) is 0 Å². The Balaban J connectivity index is -0.000000695. The van der Waals surface area contributed by atoms with Crippen molar-refractivity contribution in [2.75, 3.05) is 0 Å². The predicted octanol–water partition coefficient (Wildman–Crippen LogP) is 11.3. The Kier molecular flexibility index (Phi) is 42.1. The lowest BCUT2D eigenvalue weighted by Crippen LogP contribution is -2.22. The highest BCUT2D eigenvalue weighted by molar-refractivity contribution is 5.79. The molecular formula is C40H78O9. The minimum absolute atomic E-state index is 0.344. The minimum Gasteiger partial charge on any atom is -0.481 e. The van der Waals surface area contributed by atoms with Crippen molar-refractivity contribution in [2.24, 2.45) is 11.8 Å². The van der Waals surface area contributed by atoms with E-state index < -0.39 is 36.4 Å². The van der Waals surface area contributed by atoms with Gasteiger partial charge in [0.2, 0.25) is 0 Å². The number of hydrogen-bond donors (Lipinski definition) is 5. The predicted molar refractivity (Wildman–Crippen MR) is 200 cm³/mol. The van der Waals surface area contributed by atoms with Crippen molar-refractivity contribution in [1.29, 1.82) is 0 Å². The van der Waals surface area contributed by atoms with Gasteiger partial charge in [-0.2, -0.15) is 0 Å². The van der Waals surface area contributed by atoms with Gasteiger partial charge in [-0.15, -0.1) is 0 Å². The van der Waals surface area contributed by atoms with Crippen LogP contribution in [0.3, 0.4) is 0 Å². The minimum atomic E-state index is -1.79. The van der Waals surface area contributed by atoms with E-state index in [0.717, 1.165) is 37.5 Å². The van der Waals surface area contributed by atoms with Crippen LogP contribution in [0.4, 0.5) is 0 Å². The molecule has 0 fully saturated rings. The van der Waals surface area contributed by atoms with E-state index in [0.29, 0.717) is 12.8 Å². The number of aliphatic hydroxyl groups is 1. The summed E-state index contributed by atoms with van der Waals surface area (Å²) < 4.78 is 0. The van der Waals surface area contributed by atoms with Gasteiger partial charge in [0.25, 0.3) is 0 Å². The Morgan fingerprint density at radius 2 is 0.592 bits per heavy atom. The number of aliphatic carboxylic acids is 4. The highest BCUT2D eigenvalue weighted by Crippen LogP contribution is 2.16. The van der Waals surface area contributed by atoms with Crippen LogP contribution in [0.2, 0.25) is 0 Å². The molecule has 0 amide bonds. The molecule has 9 nitrogen and oxygen atoms in total. The highest BCUT2D eigenvalue weighted by Gasteiger charge is 2.16. The fourth-order valence-corrected chi connectivity index (χ4v) is 5.45. The van der Waals surface area contributed by atoms with Crippen LogP contribution in [-0.2, 0) is 19.2 Å². The van der Waals surface area contributed by atoms with Gasteiger partial charge in [0.05, 0.1) is 6.42 Å². The fourth-order valence-electron chi connectivity index (χ4n) is 5.45. The monoisotopic (exact) mass is 703 g/mol. The van der Waals surface area contributed by atoms with Crippen molar-refractivity contribution in [1.82, 2.24) is 0 Å². The van der Waals surface area contributed by atoms with E-state index in [2.05, 4.69) is 27.7 Å². The number of aliphatic hydroxyl groups excluding tert-OH is 1. The second kappa shape index (κ2) is 40.3. The lowest BCUT2D eigenvalue weighted by atomic mass is 10.0. The first-order valence-corrected chi connectivity index (χ1v) is 19.9. The summed E-state index contributed by atoms with van der Waals surface area (Å²) in [7, 11) is 0. The molecule has 1 unspecified atom stereocenters. The lowest BCUT2D eigenvalue weighted by molar-refractivity contribution is -0.152. The van der Waals surface area contributed by atoms with Gasteiger partial charge >= 0.3 is 23.9 Å². The second-order valence-corrected chi connectivity index (χ2v) is 14.6. The van der Waals surface area contributed by atoms with Crippen LogP contribution in [0, 0.1) is 11.8 Å². The molecule has 0 heterocycles. The Morgan fingerprint density at radius 1 is 0.367 bits per heavy atom. The summed E-state index contributed by atoms with van der Waals surface area (Å²) in [4.78, 5) is 40.1. The SMILES string of the molecule is CC(C)CCCCCCCCCCCCCCC(=O)O.CC(C)CCCCCCCCCCCCCCC(=O)O.O=C(O)CC(O)C(=O)O. The zero-order chi connectivity index (χ0) is 37.5. The van der Waals surface area contributed by atoms with E-state index in [1.165, 1.54) is 141 Å². The van der Waals surface area contributed by atoms with Gasteiger partial charge in [0, 0.05) is 12.8 Å². The molecule has 292 valence electrons. The van der Waals surface area contributed by atoms with Gasteiger partial charge in [0.15, 0.2) is 6.10 Å². The maximum absolute atomic E-state index is 10.3. The van der Waals surface area contributed by atoms with Gasteiger partial charge in [-0.1, -0.05) is 182 Å². The third-order valence-electron chi connectivity index (χ3n) is 8.50. The van der Waals surface area contributed by atoms with Crippen molar-refractivity contribution in [2.45, 2.75) is 220 Å². The molecule has 1 atom stereocenters. The van der Waals surface area contributed by atoms with Crippen LogP contribution in [0.15, 0.2) is 0 Å². The maximum atomic E-state index is 10.3. The van der Waals surface area contributed by atoms with E-state index in [1.54, 1.807) is 0 Å². The molecule has 0 saturated heterocycles. The van der Waals surface area contributed by atoms with Crippen LogP contribution in [0.1, 0.15) is 214 Å². The number of carboxylic acids is 4. The molecule has 49 heavy (non-hydrogen) atoms. The van der Waals surface area contributed by atoms with E-state index in [-0.39, 0.29) is 0 Å². The number of carboxylic acid groups (broad SMARTS) is 4. The second-order valence-electron chi connectivity index (χ2n) is 14.6. The first-order chi connectivity index (χ1) is 23.3. The van der Waals surface area contributed by atoms with E-state index in [1.807, 2.05) is 0 Å². The number of carbonyl (C=O) groups is 4. The van der Waals surface area contributed by atoms with Gasteiger partial charge < -0.3 is 25.5 Å². The van der Waals surface area contributed by atoms with Crippen LogP contribution >= 0.6 is 0 Å².